The van der Waals surface area contributed by atoms with Gasteiger partial charge in [-0.3, -0.25) is 4.79 Å². The molecule has 0 radical (unpaired) electrons. The van der Waals surface area contributed by atoms with Crippen molar-refractivity contribution in [3.8, 4) is 0 Å². The first kappa shape index (κ1) is 14.8. The molecule has 2 fully saturated rings. The van der Waals surface area contributed by atoms with Gasteiger partial charge in [0.25, 0.3) is 0 Å². The van der Waals surface area contributed by atoms with E-state index in [1.807, 2.05) is 0 Å². The molecular formula is C13H25ClN2O. The Morgan fingerprint density at radius 3 is 2.65 bits per heavy atom. The van der Waals surface area contributed by atoms with Crippen LogP contribution in [-0.4, -0.2) is 36.5 Å². The molecule has 1 atom stereocenters. The van der Waals surface area contributed by atoms with Crippen molar-refractivity contribution in [2.45, 2.75) is 51.5 Å². The summed E-state index contributed by atoms with van der Waals surface area (Å²) in [4.78, 5) is 14.2. The number of hydrogen-bond donors (Lipinski definition) is 1. The Kier molecular flexibility index (Phi) is 6.28. The third-order valence-electron chi connectivity index (χ3n) is 3.70. The van der Waals surface area contributed by atoms with Gasteiger partial charge in [0.1, 0.15) is 0 Å². The monoisotopic (exact) mass is 260 g/mol. The molecule has 1 aliphatic heterocycles. The van der Waals surface area contributed by atoms with Crippen LogP contribution in [0.3, 0.4) is 0 Å². The Balaban J connectivity index is 0.00000144. The van der Waals surface area contributed by atoms with Gasteiger partial charge in [-0.05, 0) is 51.1 Å². The van der Waals surface area contributed by atoms with Crippen LogP contribution in [0.1, 0.15) is 45.4 Å². The first-order valence-corrected chi connectivity index (χ1v) is 6.81. The van der Waals surface area contributed by atoms with Gasteiger partial charge >= 0.3 is 0 Å². The predicted molar refractivity (Wildman–Crippen MR) is 72.5 cm³/mol. The molecule has 1 unspecified atom stereocenters. The highest BCUT2D eigenvalue weighted by Gasteiger charge is 2.31. The Bertz CT molecular complexity index is 238. The SMILES string of the molecule is CCCN(C(=O)CCC1CCNC1)C1CC1.Cl. The molecule has 0 bridgehead atoms. The van der Waals surface area contributed by atoms with Gasteiger partial charge in [0, 0.05) is 19.0 Å². The van der Waals surface area contributed by atoms with Crippen molar-refractivity contribution in [2.75, 3.05) is 19.6 Å². The van der Waals surface area contributed by atoms with Gasteiger partial charge in [0.05, 0.1) is 0 Å². The third kappa shape index (κ3) is 4.47. The van der Waals surface area contributed by atoms with E-state index in [0.29, 0.717) is 11.9 Å². The zero-order chi connectivity index (χ0) is 11.4. The lowest BCUT2D eigenvalue weighted by atomic mass is 10.0. The van der Waals surface area contributed by atoms with Crippen molar-refractivity contribution in [1.82, 2.24) is 10.2 Å². The highest BCUT2D eigenvalue weighted by Crippen LogP contribution is 2.28. The Morgan fingerprint density at radius 1 is 1.35 bits per heavy atom. The maximum atomic E-state index is 12.1. The molecule has 1 aliphatic carbocycles. The first-order valence-electron chi connectivity index (χ1n) is 6.81. The average molecular weight is 261 g/mol. The van der Waals surface area contributed by atoms with Crippen molar-refractivity contribution in [1.29, 1.82) is 0 Å². The quantitative estimate of drug-likeness (QED) is 0.794. The second-order valence-corrected chi connectivity index (χ2v) is 5.22. The number of halogens is 1. The van der Waals surface area contributed by atoms with Gasteiger partial charge < -0.3 is 10.2 Å². The van der Waals surface area contributed by atoms with Crippen LogP contribution < -0.4 is 5.32 Å². The van der Waals surface area contributed by atoms with Gasteiger partial charge in [-0.25, -0.2) is 0 Å². The number of nitrogens with zero attached hydrogens (tertiary/aromatic N) is 1. The maximum absolute atomic E-state index is 12.1. The molecule has 1 amide bonds. The number of rotatable bonds is 6. The Labute approximate surface area is 111 Å². The zero-order valence-corrected chi connectivity index (χ0v) is 11.6. The molecule has 3 nitrogen and oxygen atoms in total. The Hall–Kier alpha value is -0.280. The summed E-state index contributed by atoms with van der Waals surface area (Å²) in [6, 6.07) is 0.592. The van der Waals surface area contributed by atoms with Crippen molar-refractivity contribution in [3.63, 3.8) is 0 Å². The van der Waals surface area contributed by atoms with Crippen LogP contribution >= 0.6 is 12.4 Å². The Morgan fingerprint density at radius 2 is 2.12 bits per heavy atom. The molecule has 17 heavy (non-hydrogen) atoms. The number of amides is 1. The van der Waals surface area contributed by atoms with E-state index in [4.69, 9.17) is 0 Å². The van der Waals surface area contributed by atoms with E-state index in [9.17, 15) is 4.79 Å². The van der Waals surface area contributed by atoms with Crippen LogP contribution in [0.15, 0.2) is 0 Å². The minimum absolute atomic E-state index is 0. The molecule has 0 spiro atoms. The summed E-state index contributed by atoms with van der Waals surface area (Å²) < 4.78 is 0. The highest BCUT2D eigenvalue weighted by molar-refractivity contribution is 5.85. The van der Waals surface area contributed by atoms with Gasteiger partial charge in [0.15, 0.2) is 0 Å². The lowest BCUT2D eigenvalue weighted by Gasteiger charge is -2.22. The molecule has 1 heterocycles. The zero-order valence-electron chi connectivity index (χ0n) is 10.8. The lowest BCUT2D eigenvalue weighted by Crippen LogP contribution is -2.33. The van der Waals surface area contributed by atoms with Crippen LogP contribution in [0.5, 0.6) is 0 Å². The summed E-state index contributed by atoms with van der Waals surface area (Å²) in [5.41, 5.74) is 0. The maximum Gasteiger partial charge on any atom is 0.222 e. The van der Waals surface area contributed by atoms with Gasteiger partial charge in [-0.2, -0.15) is 0 Å². The number of carbonyl (C=O) groups excluding carboxylic acids is 1. The third-order valence-corrected chi connectivity index (χ3v) is 3.70. The van der Waals surface area contributed by atoms with Crippen molar-refractivity contribution in [2.24, 2.45) is 5.92 Å². The lowest BCUT2D eigenvalue weighted by molar-refractivity contribution is -0.132. The van der Waals surface area contributed by atoms with E-state index in [0.717, 1.165) is 44.8 Å². The average Bonchev–Trinajstić information content (AvgIpc) is 2.99. The van der Waals surface area contributed by atoms with Crippen LogP contribution in [0, 0.1) is 5.92 Å². The van der Waals surface area contributed by atoms with Gasteiger partial charge in [0.2, 0.25) is 5.91 Å². The molecule has 4 heteroatoms. The minimum Gasteiger partial charge on any atom is -0.340 e. The second-order valence-electron chi connectivity index (χ2n) is 5.22. The molecule has 0 aromatic heterocycles. The summed E-state index contributed by atoms with van der Waals surface area (Å²) in [5, 5.41) is 3.36. The fourth-order valence-corrected chi connectivity index (χ4v) is 2.57. The second kappa shape index (κ2) is 7.22. The molecule has 0 aromatic carbocycles. The molecule has 2 aliphatic rings. The van der Waals surface area contributed by atoms with E-state index in [-0.39, 0.29) is 12.4 Å². The van der Waals surface area contributed by atoms with E-state index in [1.165, 1.54) is 19.3 Å². The van der Waals surface area contributed by atoms with E-state index >= 15 is 0 Å². The van der Waals surface area contributed by atoms with Crippen LogP contribution in [0.2, 0.25) is 0 Å². The van der Waals surface area contributed by atoms with Gasteiger partial charge in [-0.1, -0.05) is 6.92 Å². The van der Waals surface area contributed by atoms with Crippen LogP contribution in [-0.2, 0) is 4.79 Å². The van der Waals surface area contributed by atoms with Crippen LogP contribution in [0.25, 0.3) is 0 Å². The highest BCUT2D eigenvalue weighted by atomic mass is 35.5. The largest absolute Gasteiger partial charge is 0.340 e. The van der Waals surface area contributed by atoms with Crippen LogP contribution in [0.4, 0.5) is 0 Å². The first-order chi connectivity index (χ1) is 7.81. The summed E-state index contributed by atoms with van der Waals surface area (Å²) in [6.45, 7) is 5.38. The summed E-state index contributed by atoms with van der Waals surface area (Å²) >= 11 is 0. The topological polar surface area (TPSA) is 32.3 Å². The summed E-state index contributed by atoms with van der Waals surface area (Å²) in [7, 11) is 0. The standard InChI is InChI=1S/C13H24N2O.ClH/c1-2-9-15(12-4-5-12)13(16)6-3-11-7-8-14-10-11;/h11-12,14H,2-10H2,1H3;1H. The minimum atomic E-state index is 0. The van der Waals surface area contributed by atoms with E-state index in [1.54, 1.807) is 0 Å². The smallest absolute Gasteiger partial charge is 0.222 e. The van der Waals surface area contributed by atoms with Crippen molar-refractivity contribution < 1.29 is 4.79 Å². The van der Waals surface area contributed by atoms with Crippen molar-refractivity contribution >= 4 is 18.3 Å². The summed E-state index contributed by atoms with van der Waals surface area (Å²) in [6.07, 6.45) is 6.66. The van der Waals surface area contributed by atoms with Crippen molar-refractivity contribution in [3.05, 3.63) is 0 Å². The molecule has 1 saturated carbocycles. The number of nitrogens with one attached hydrogen (secondary N) is 1. The predicted octanol–water partition coefficient (Wildman–Crippen LogP) is 2.20. The fraction of sp³-hybridized carbons (Fsp3) is 0.923. The number of carbonyl (C=O) groups is 1. The summed E-state index contributed by atoms with van der Waals surface area (Å²) in [5.74, 6) is 1.14. The number of hydrogen-bond acceptors (Lipinski definition) is 2. The molecule has 1 saturated heterocycles. The molecular weight excluding hydrogens is 236 g/mol. The normalized spacial score (nSPS) is 23.2. The fourth-order valence-electron chi connectivity index (χ4n) is 2.57. The molecule has 2 rings (SSSR count). The molecule has 1 N–H and O–H groups in total. The van der Waals surface area contributed by atoms with E-state index in [2.05, 4.69) is 17.1 Å². The molecule has 100 valence electrons. The van der Waals surface area contributed by atoms with E-state index < -0.39 is 0 Å². The molecule has 0 aromatic rings. The van der Waals surface area contributed by atoms with Gasteiger partial charge in [-0.15, -0.1) is 12.4 Å².